The molecular formula is C21H26N2O5. The number of nitrogens with one attached hydrogen (secondary N) is 1. The van der Waals surface area contributed by atoms with Crippen LogP contribution in [-0.4, -0.2) is 56.4 Å². The van der Waals surface area contributed by atoms with E-state index >= 15 is 0 Å². The van der Waals surface area contributed by atoms with Gasteiger partial charge in [0.15, 0.2) is 0 Å². The van der Waals surface area contributed by atoms with Gasteiger partial charge in [0, 0.05) is 32.2 Å². The number of benzene rings is 2. The molecule has 1 unspecified atom stereocenters. The van der Waals surface area contributed by atoms with Gasteiger partial charge in [-0.15, -0.1) is 0 Å². The number of hydrogen-bond donors (Lipinski definition) is 2. The molecule has 0 heterocycles. The maximum atomic E-state index is 11.8. The maximum absolute atomic E-state index is 11.8. The first-order valence-corrected chi connectivity index (χ1v) is 9.05. The monoisotopic (exact) mass is 386 g/mol. The smallest absolute Gasteiger partial charge is 0.341 e. The lowest BCUT2D eigenvalue weighted by Gasteiger charge is -2.22. The molecule has 0 aromatic heterocycles. The van der Waals surface area contributed by atoms with Gasteiger partial charge in [0.05, 0.1) is 7.11 Å². The molecule has 0 aliphatic heterocycles. The van der Waals surface area contributed by atoms with E-state index in [0.29, 0.717) is 30.9 Å². The van der Waals surface area contributed by atoms with Crippen LogP contribution in [0.3, 0.4) is 0 Å². The van der Waals surface area contributed by atoms with Crippen molar-refractivity contribution in [2.24, 2.45) is 0 Å². The Balaban J connectivity index is 1.77. The van der Waals surface area contributed by atoms with Crippen LogP contribution in [0.15, 0.2) is 54.6 Å². The van der Waals surface area contributed by atoms with Gasteiger partial charge in [-0.25, -0.2) is 4.79 Å². The lowest BCUT2D eigenvalue weighted by molar-refractivity contribution is -0.116. The van der Waals surface area contributed by atoms with E-state index in [9.17, 15) is 14.7 Å². The third-order valence-corrected chi connectivity index (χ3v) is 4.06. The van der Waals surface area contributed by atoms with Crippen molar-refractivity contribution >= 4 is 17.6 Å². The molecule has 1 atom stereocenters. The van der Waals surface area contributed by atoms with Gasteiger partial charge in [0.2, 0.25) is 5.91 Å². The van der Waals surface area contributed by atoms with Gasteiger partial charge in [0.1, 0.15) is 24.0 Å². The lowest BCUT2D eigenvalue weighted by Crippen LogP contribution is -2.39. The van der Waals surface area contributed by atoms with E-state index < -0.39 is 12.1 Å². The number of rotatable bonds is 10. The van der Waals surface area contributed by atoms with E-state index in [0.717, 1.165) is 5.69 Å². The summed E-state index contributed by atoms with van der Waals surface area (Å²) in [4.78, 5) is 25.2. The zero-order chi connectivity index (χ0) is 20.4. The Labute approximate surface area is 164 Å². The summed E-state index contributed by atoms with van der Waals surface area (Å²) in [6, 6.07) is 16.1. The van der Waals surface area contributed by atoms with Gasteiger partial charge in [-0.2, -0.15) is 0 Å². The predicted molar refractivity (Wildman–Crippen MR) is 107 cm³/mol. The molecule has 28 heavy (non-hydrogen) atoms. The fraction of sp³-hybridized carbons (Fsp3) is 0.333. The highest BCUT2D eigenvalue weighted by molar-refractivity contribution is 5.92. The minimum atomic E-state index is -0.770. The number of aliphatic hydroxyl groups is 1. The molecule has 2 rings (SSSR count). The van der Waals surface area contributed by atoms with Gasteiger partial charge in [-0.3, -0.25) is 4.79 Å². The third kappa shape index (κ3) is 6.37. The van der Waals surface area contributed by atoms with Gasteiger partial charge in [0.25, 0.3) is 0 Å². The Morgan fingerprint density at radius 1 is 1.11 bits per heavy atom. The highest BCUT2D eigenvalue weighted by Crippen LogP contribution is 2.19. The van der Waals surface area contributed by atoms with E-state index in [4.69, 9.17) is 9.47 Å². The van der Waals surface area contributed by atoms with E-state index in [-0.39, 0.29) is 12.5 Å². The largest absolute Gasteiger partial charge is 0.490 e. The zero-order valence-electron chi connectivity index (χ0n) is 16.1. The second kappa shape index (κ2) is 11.1. The second-order valence-electron chi connectivity index (χ2n) is 6.16. The summed E-state index contributed by atoms with van der Waals surface area (Å²) < 4.78 is 10.3. The molecule has 0 aliphatic carbocycles. The van der Waals surface area contributed by atoms with Crippen LogP contribution in [0.5, 0.6) is 5.75 Å². The topological polar surface area (TPSA) is 88.1 Å². The maximum Gasteiger partial charge on any atom is 0.341 e. The minimum Gasteiger partial charge on any atom is -0.490 e. The number of carbonyl (C=O) groups excluding carboxylic acids is 2. The van der Waals surface area contributed by atoms with Gasteiger partial charge in [-0.1, -0.05) is 30.3 Å². The van der Waals surface area contributed by atoms with Crippen molar-refractivity contribution in [1.82, 2.24) is 5.32 Å². The summed E-state index contributed by atoms with van der Waals surface area (Å²) in [6.45, 7) is 2.84. The normalized spacial score (nSPS) is 11.5. The first kappa shape index (κ1) is 21.4. The molecule has 7 nitrogen and oxygen atoms in total. The molecule has 0 spiro atoms. The number of nitrogens with zero attached hydrogens (tertiary/aromatic N) is 1. The SMILES string of the molecule is COC(=O)c1ccccc1OCC(O)CNCCN(C(C)=O)c1ccccc1. The summed E-state index contributed by atoms with van der Waals surface area (Å²) in [5, 5.41) is 13.2. The first-order chi connectivity index (χ1) is 13.5. The summed E-state index contributed by atoms with van der Waals surface area (Å²) in [6.07, 6.45) is -0.770. The highest BCUT2D eigenvalue weighted by Gasteiger charge is 2.14. The Bertz CT molecular complexity index is 766. The summed E-state index contributed by atoms with van der Waals surface area (Å²) >= 11 is 0. The Kier molecular flexibility index (Phi) is 8.45. The molecule has 0 bridgehead atoms. The zero-order valence-corrected chi connectivity index (χ0v) is 16.1. The lowest BCUT2D eigenvalue weighted by atomic mass is 10.2. The van der Waals surface area contributed by atoms with Crippen molar-refractivity contribution in [2.75, 3.05) is 38.3 Å². The molecule has 0 fully saturated rings. The molecule has 7 heteroatoms. The van der Waals surface area contributed by atoms with Crippen LogP contribution >= 0.6 is 0 Å². The summed E-state index contributed by atoms with van der Waals surface area (Å²) in [7, 11) is 1.30. The van der Waals surface area contributed by atoms with Crippen LogP contribution in [0.25, 0.3) is 0 Å². The van der Waals surface area contributed by atoms with Crippen LogP contribution in [0.1, 0.15) is 17.3 Å². The number of aliphatic hydroxyl groups excluding tert-OH is 1. The Hall–Kier alpha value is -2.90. The average molecular weight is 386 g/mol. The molecule has 0 saturated carbocycles. The number of methoxy groups -OCH3 is 1. The number of esters is 1. The molecule has 0 saturated heterocycles. The van der Waals surface area contributed by atoms with Crippen molar-refractivity contribution in [1.29, 1.82) is 0 Å². The highest BCUT2D eigenvalue weighted by atomic mass is 16.5. The second-order valence-corrected chi connectivity index (χ2v) is 6.16. The number of para-hydroxylation sites is 2. The van der Waals surface area contributed by atoms with Gasteiger partial charge < -0.3 is 24.8 Å². The minimum absolute atomic E-state index is 0.0239. The Morgan fingerprint density at radius 2 is 1.79 bits per heavy atom. The molecule has 0 radical (unpaired) electrons. The van der Waals surface area contributed by atoms with E-state index in [2.05, 4.69) is 5.32 Å². The van der Waals surface area contributed by atoms with Crippen LogP contribution in [0.4, 0.5) is 5.69 Å². The quantitative estimate of drug-likeness (QED) is 0.479. The summed E-state index contributed by atoms with van der Waals surface area (Å²) in [5.74, 6) is -0.176. The van der Waals surface area contributed by atoms with E-state index in [1.54, 1.807) is 29.2 Å². The Morgan fingerprint density at radius 3 is 2.46 bits per heavy atom. The predicted octanol–water partition coefficient (Wildman–Crippen LogP) is 1.86. The van der Waals surface area contributed by atoms with E-state index in [1.807, 2.05) is 30.3 Å². The molecule has 150 valence electrons. The van der Waals surface area contributed by atoms with Crippen molar-refractivity contribution in [2.45, 2.75) is 13.0 Å². The van der Waals surface area contributed by atoms with Crippen molar-refractivity contribution in [3.63, 3.8) is 0 Å². The number of carbonyl (C=O) groups is 2. The fourth-order valence-electron chi connectivity index (χ4n) is 2.65. The van der Waals surface area contributed by atoms with Crippen LogP contribution in [0.2, 0.25) is 0 Å². The molecule has 2 aromatic carbocycles. The number of hydrogen-bond acceptors (Lipinski definition) is 6. The van der Waals surface area contributed by atoms with Crippen molar-refractivity contribution in [3.8, 4) is 5.75 Å². The number of ether oxygens (including phenoxy) is 2. The number of amides is 1. The van der Waals surface area contributed by atoms with Crippen molar-refractivity contribution in [3.05, 3.63) is 60.2 Å². The standard InChI is InChI=1S/C21H26N2O5/c1-16(24)23(17-8-4-3-5-9-17)13-12-22-14-18(25)15-28-20-11-7-6-10-19(20)21(26)27-2/h3-11,18,22,25H,12-15H2,1-2H3. The molecule has 2 N–H and O–H groups in total. The van der Waals surface area contributed by atoms with Crippen molar-refractivity contribution < 1.29 is 24.2 Å². The third-order valence-electron chi connectivity index (χ3n) is 4.06. The van der Waals surface area contributed by atoms with Crippen LogP contribution in [-0.2, 0) is 9.53 Å². The van der Waals surface area contributed by atoms with Crippen LogP contribution < -0.4 is 15.0 Å². The molecule has 1 amide bonds. The average Bonchev–Trinajstić information content (AvgIpc) is 2.72. The molecular weight excluding hydrogens is 360 g/mol. The number of anilines is 1. The van der Waals surface area contributed by atoms with E-state index in [1.165, 1.54) is 14.0 Å². The fourth-order valence-corrected chi connectivity index (χ4v) is 2.65. The first-order valence-electron chi connectivity index (χ1n) is 9.05. The summed E-state index contributed by atoms with van der Waals surface area (Å²) in [5.41, 5.74) is 1.14. The van der Waals surface area contributed by atoms with Gasteiger partial charge >= 0.3 is 5.97 Å². The molecule has 0 aliphatic rings. The van der Waals surface area contributed by atoms with Gasteiger partial charge in [-0.05, 0) is 24.3 Å². The molecule has 2 aromatic rings. The van der Waals surface area contributed by atoms with Crippen LogP contribution in [0, 0.1) is 0 Å².